The molecule has 0 aliphatic heterocycles. The summed E-state index contributed by atoms with van der Waals surface area (Å²) in [7, 11) is 0. The van der Waals surface area contributed by atoms with Gasteiger partial charge in [-0.1, -0.05) is 0 Å². The van der Waals surface area contributed by atoms with E-state index in [0.29, 0.717) is 0 Å². The van der Waals surface area contributed by atoms with Gasteiger partial charge in [0.25, 0.3) is 0 Å². The molecule has 0 aliphatic carbocycles. The van der Waals surface area contributed by atoms with E-state index in [1.54, 1.807) is 20.8 Å². The van der Waals surface area contributed by atoms with Crippen LogP contribution in [0.15, 0.2) is 27.8 Å². The van der Waals surface area contributed by atoms with Crippen LogP contribution in [0.1, 0.15) is 32.4 Å². The van der Waals surface area contributed by atoms with Crippen molar-refractivity contribution in [2.24, 2.45) is 0 Å². The summed E-state index contributed by atoms with van der Waals surface area (Å²) in [5.41, 5.74) is -2.98. The summed E-state index contributed by atoms with van der Waals surface area (Å²) in [6.45, 7) is 4.22. The first-order valence-electron chi connectivity index (χ1n) is 7.59. The Morgan fingerprint density at radius 2 is 1.80 bits per heavy atom. The van der Waals surface area contributed by atoms with E-state index in [-0.39, 0.29) is 17.6 Å². The molecule has 2 rings (SSSR count). The lowest BCUT2D eigenvalue weighted by atomic mass is 10.1. The molecule has 0 unspecified atom stereocenters. The summed E-state index contributed by atoms with van der Waals surface area (Å²) >= 11 is 0. The van der Waals surface area contributed by atoms with E-state index in [2.05, 4.69) is 0 Å². The van der Waals surface area contributed by atoms with Gasteiger partial charge in [0.05, 0.1) is 23.2 Å². The van der Waals surface area contributed by atoms with Crippen LogP contribution in [0.2, 0.25) is 0 Å². The second-order valence-electron chi connectivity index (χ2n) is 5.67. The molecular formula is C16H17F3N2O4. The first-order valence-corrected chi connectivity index (χ1v) is 7.59. The van der Waals surface area contributed by atoms with Gasteiger partial charge < -0.3 is 4.74 Å². The molecule has 0 N–H and O–H groups in total. The van der Waals surface area contributed by atoms with Crippen molar-refractivity contribution in [3.63, 3.8) is 0 Å². The van der Waals surface area contributed by atoms with E-state index in [9.17, 15) is 27.6 Å². The molecule has 0 amide bonds. The number of carbonyl (C=O) groups excluding carboxylic acids is 1. The van der Waals surface area contributed by atoms with Crippen LogP contribution in [0.25, 0.3) is 11.0 Å². The van der Waals surface area contributed by atoms with E-state index in [0.717, 1.165) is 27.3 Å². The molecule has 2 aromatic rings. The number of hydrogen-bond acceptors (Lipinski definition) is 4. The van der Waals surface area contributed by atoms with Crippen molar-refractivity contribution < 1.29 is 22.7 Å². The van der Waals surface area contributed by atoms with E-state index in [4.69, 9.17) is 4.74 Å². The minimum Gasteiger partial charge on any atom is -0.465 e. The van der Waals surface area contributed by atoms with Gasteiger partial charge in [0.1, 0.15) is 6.54 Å². The van der Waals surface area contributed by atoms with Crippen LogP contribution in [0.3, 0.4) is 0 Å². The highest BCUT2D eigenvalue weighted by atomic mass is 19.4. The second kappa shape index (κ2) is 6.73. The number of aromatic nitrogens is 2. The van der Waals surface area contributed by atoms with Crippen molar-refractivity contribution in [3.05, 3.63) is 44.5 Å². The number of hydrogen-bond donors (Lipinski definition) is 0. The number of carbonyl (C=O) groups is 1. The molecule has 0 aliphatic rings. The summed E-state index contributed by atoms with van der Waals surface area (Å²) in [6.07, 6.45) is -4.63. The normalized spacial score (nSPS) is 12.0. The Labute approximate surface area is 140 Å². The maximum atomic E-state index is 13.0. The van der Waals surface area contributed by atoms with Crippen LogP contribution in [0.5, 0.6) is 0 Å². The average Bonchev–Trinajstić information content (AvgIpc) is 2.50. The van der Waals surface area contributed by atoms with Crippen LogP contribution < -0.4 is 11.1 Å². The van der Waals surface area contributed by atoms with Crippen molar-refractivity contribution in [2.75, 3.05) is 6.61 Å². The summed E-state index contributed by atoms with van der Waals surface area (Å²) < 4.78 is 45.6. The van der Waals surface area contributed by atoms with Crippen LogP contribution in [-0.2, 0) is 22.3 Å². The Hall–Kier alpha value is -2.58. The number of rotatable bonds is 4. The van der Waals surface area contributed by atoms with Crippen molar-refractivity contribution in [1.82, 2.24) is 9.13 Å². The number of fused-ring (bicyclic) bond motifs is 1. The lowest BCUT2D eigenvalue weighted by Crippen LogP contribution is -2.43. The molecule has 0 atom stereocenters. The third-order valence-electron chi connectivity index (χ3n) is 3.61. The Morgan fingerprint density at radius 1 is 1.16 bits per heavy atom. The predicted octanol–water partition coefficient (Wildman–Crippen LogP) is 2.33. The van der Waals surface area contributed by atoms with Crippen LogP contribution >= 0.6 is 0 Å². The zero-order valence-electron chi connectivity index (χ0n) is 13.9. The highest BCUT2D eigenvalue weighted by molar-refractivity contribution is 5.79. The number of benzene rings is 1. The lowest BCUT2D eigenvalue weighted by molar-refractivity contribution is -0.143. The first-order chi connectivity index (χ1) is 11.6. The Morgan fingerprint density at radius 3 is 2.32 bits per heavy atom. The van der Waals surface area contributed by atoms with Gasteiger partial charge in [-0.25, -0.2) is 0 Å². The summed E-state index contributed by atoms with van der Waals surface area (Å²) in [4.78, 5) is 36.4. The number of nitrogens with zero attached hydrogens (tertiary/aromatic N) is 2. The first kappa shape index (κ1) is 18.8. The van der Waals surface area contributed by atoms with Crippen molar-refractivity contribution in [2.45, 2.75) is 39.5 Å². The smallest absolute Gasteiger partial charge is 0.416 e. The van der Waals surface area contributed by atoms with E-state index >= 15 is 0 Å². The van der Waals surface area contributed by atoms with E-state index in [1.165, 1.54) is 0 Å². The minimum atomic E-state index is -4.63. The van der Waals surface area contributed by atoms with Crippen molar-refractivity contribution in [1.29, 1.82) is 0 Å². The number of esters is 1. The molecule has 0 spiro atoms. The molecule has 0 radical (unpaired) electrons. The van der Waals surface area contributed by atoms with Crippen molar-refractivity contribution in [3.8, 4) is 0 Å². The van der Waals surface area contributed by atoms with Crippen molar-refractivity contribution >= 4 is 17.0 Å². The molecule has 25 heavy (non-hydrogen) atoms. The van der Waals surface area contributed by atoms with Crippen LogP contribution in [-0.4, -0.2) is 21.7 Å². The van der Waals surface area contributed by atoms with Gasteiger partial charge in [0, 0.05) is 6.04 Å². The van der Waals surface area contributed by atoms with Gasteiger partial charge in [-0.2, -0.15) is 13.2 Å². The molecule has 9 heteroatoms. The fraction of sp³-hybridized carbons (Fsp3) is 0.438. The van der Waals surface area contributed by atoms with Gasteiger partial charge in [-0.3, -0.25) is 23.5 Å². The molecule has 0 bridgehead atoms. The quantitative estimate of drug-likeness (QED) is 0.621. The summed E-state index contributed by atoms with van der Waals surface area (Å²) in [5, 5.41) is 0. The monoisotopic (exact) mass is 358 g/mol. The SMILES string of the molecule is CCOC(=O)Cn1c(=O)c(=O)n(C(C)C)c2ccc(C(F)(F)F)cc21. The number of alkyl halides is 3. The van der Waals surface area contributed by atoms with Crippen LogP contribution in [0, 0.1) is 0 Å². The molecular weight excluding hydrogens is 341 g/mol. The third kappa shape index (κ3) is 3.59. The molecule has 0 saturated heterocycles. The highest BCUT2D eigenvalue weighted by Gasteiger charge is 2.31. The molecule has 0 fully saturated rings. The summed E-state index contributed by atoms with van der Waals surface area (Å²) in [6, 6.07) is 2.27. The fourth-order valence-corrected chi connectivity index (χ4v) is 2.56. The maximum absolute atomic E-state index is 13.0. The Balaban J connectivity index is 2.87. The fourth-order valence-electron chi connectivity index (χ4n) is 2.56. The average molecular weight is 358 g/mol. The number of halogens is 3. The third-order valence-corrected chi connectivity index (χ3v) is 3.61. The zero-order valence-corrected chi connectivity index (χ0v) is 13.9. The molecule has 0 saturated carbocycles. The molecule has 1 aromatic heterocycles. The largest absolute Gasteiger partial charge is 0.465 e. The topological polar surface area (TPSA) is 70.3 Å². The second-order valence-corrected chi connectivity index (χ2v) is 5.67. The van der Waals surface area contributed by atoms with Gasteiger partial charge in [0.2, 0.25) is 0 Å². The Bertz CT molecular complexity index is 926. The van der Waals surface area contributed by atoms with Crippen LogP contribution in [0.4, 0.5) is 13.2 Å². The summed E-state index contributed by atoms with van der Waals surface area (Å²) in [5.74, 6) is -0.815. The minimum absolute atomic E-state index is 0.0440. The standard InChI is InChI=1S/C16H17F3N2O4/c1-4-25-13(22)8-20-12-7-10(16(17,18)19)5-6-11(12)21(9(2)3)15(24)14(20)23/h5-7,9H,4,8H2,1-3H3. The predicted molar refractivity (Wildman–Crippen MR) is 84.5 cm³/mol. The maximum Gasteiger partial charge on any atom is 0.416 e. The Kier molecular flexibility index (Phi) is 5.05. The van der Waals surface area contributed by atoms with Gasteiger partial charge in [-0.15, -0.1) is 0 Å². The van der Waals surface area contributed by atoms with E-state index < -0.39 is 41.4 Å². The molecule has 1 aromatic carbocycles. The number of ether oxygens (including phenoxy) is 1. The lowest BCUT2D eigenvalue weighted by Gasteiger charge is -2.18. The molecule has 6 nitrogen and oxygen atoms in total. The molecule has 136 valence electrons. The molecule has 1 heterocycles. The highest BCUT2D eigenvalue weighted by Crippen LogP contribution is 2.31. The van der Waals surface area contributed by atoms with E-state index in [1.807, 2.05) is 0 Å². The van der Waals surface area contributed by atoms with Gasteiger partial charge in [-0.05, 0) is 39.0 Å². The zero-order chi connectivity index (χ0) is 18.9. The van der Waals surface area contributed by atoms with Gasteiger partial charge in [0.15, 0.2) is 0 Å². The van der Waals surface area contributed by atoms with Gasteiger partial charge >= 0.3 is 23.3 Å².